The lowest BCUT2D eigenvalue weighted by Gasteiger charge is -2.10. The molecule has 4 heteroatoms. The van der Waals surface area contributed by atoms with Crippen LogP contribution in [-0.4, -0.2) is 26.7 Å². The fraction of sp³-hybridized carbons (Fsp3) is 0.160. The number of rotatable bonds is 8. The van der Waals surface area contributed by atoms with Gasteiger partial charge in [-0.15, -0.1) is 0 Å². The van der Waals surface area contributed by atoms with E-state index in [0.29, 0.717) is 12.1 Å². The number of carbonyl (C=O) groups is 1. The van der Waals surface area contributed by atoms with E-state index in [4.69, 9.17) is 9.47 Å². The first-order chi connectivity index (χ1) is 14.2. The van der Waals surface area contributed by atoms with Crippen molar-refractivity contribution in [2.45, 2.75) is 6.42 Å². The minimum Gasteiger partial charge on any atom is -0.497 e. The van der Waals surface area contributed by atoms with Crippen LogP contribution in [0.5, 0.6) is 11.5 Å². The largest absolute Gasteiger partial charge is 0.497 e. The smallest absolute Gasteiger partial charge is 0.251 e. The topological polar surface area (TPSA) is 47.6 Å². The molecule has 0 unspecified atom stereocenters. The molecule has 0 saturated carbocycles. The molecule has 148 valence electrons. The lowest BCUT2D eigenvalue weighted by atomic mass is 10.0. The van der Waals surface area contributed by atoms with Crippen molar-refractivity contribution in [2.75, 3.05) is 20.8 Å². The van der Waals surface area contributed by atoms with Gasteiger partial charge in [0.2, 0.25) is 0 Å². The van der Waals surface area contributed by atoms with Crippen molar-refractivity contribution in [1.29, 1.82) is 0 Å². The van der Waals surface area contributed by atoms with Crippen molar-refractivity contribution in [3.63, 3.8) is 0 Å². The summed E-state index contributed by atoms with van der Waals surface area (Å²) in [5, 5.41) is 3.04. The Kier molecular flexibility index (Phi) is 7.06. The van der Waals surface area contributed by atoms with Gasteiger partial charge in [0.1, 0.15) is 11.5 Å². The minimum absolute atomic E-state index is 0.0967. The second-order valence-corrected chi connectivity index (χ2v) is 6.55. The quantitative estimate of drug-likeness (QED) is 0.454. The second-order valence-electron chi connectivity index (χ2n) is 6.55. The van der Waals surface area contributed by atoms with Crippen LogP contribution < -0.4 is 14.8 Å². The van der Waals surface area contributed by atoms with Gasteiger partial charge in [-0.05, 0) is 53.5 Å². The molecule has 0 atom stereocenters. The fourth-order valence-corrected chi connectivity index (χ4v) is 2.97. The van der Waals surface area contributed by atoms with Gasteiger partial charge in [0, 0.05) is 12.1 Å². The molecule has 0 saturated heterocycles. The van der Waals surface area contributed by atoms with Crippen molar-refractivity contribution in [3.05, 3.63) is 95.6 Å². The molecule has 1 amide bonds. The number of nitrogens with one attached hydrogen (secondary N) is 1. The average Bonchev–Trinajstić information content (AvgIpc) is 2.79. The van der Waals surface area contributed by atoms with Gasteiger partial charge in [-0.2, -0.15) is 0 Å². The third-order valence-corrected chi connectivity index (χ3v) is 4.61. The highest BCUT2D eigenvalue weighted by atomic mass is 16.5. The first kappa shape index (κ1) is 20.2. The number of hydrogen-bond donors (Lipinski definition) is 1. The molecule has 0 aromatic heterocycles. The Labute approximate surface area is 171 Å². The Morgan fingerprint density at radius 1 is 0.828 bits per heavy atom. The molecule has 0 fully saturated rings. The van der Waals surface area contributed by atoms with Gasteiger partial charge in [0.05, 0.1) is 14.2 Å². The maximum Gasteiger partial charge on any atom is 0.251 e. The zero-order chi connectivity index (χ0) is 20.5. The van der Waals surface area contributed by atoms with Crippen LogP contribution in [-0.2, 0) is 11.2 Å². The summed E-state index contributed by atoms with van der Waals surface area (Å²) >= 11 is 0. The maximum atomic E-state index is 12.9. The Balaban J connectivity index is 1.72. The number of ether oxygens (including phenoxy) is 2. The molecule has 1 N–H and O–H groups in total. The standard InChI is InChI=1S/C25H25NO3/c1-28-22-12-8-19(9-13-22)16-17-26-25(27)24(21-6-4-3-5-7-21)18-20-10-14-23(29-2)15-11-20/h3-15,18H,16-17H2,1-2H3,(H,26,27)/b24-18+. The lowest BCUT2D eigenvalue weighted by molar-refractivity contribution is -0.115. The predicted molar refractivity (Wildman–Crippen MR) is 117 cm³/mol. The normalized spacial score (nSPS) is 11.0. The third-order valence-electron chi connectivity index (χ3n) is 4.61. The van der Waals surface area contributed by atoms with Crippen molar-refractivity contribution >= 4 is 17.6 Å². The fourth-order valence-electron chi connectivity index (χ4n) is 2.97. The van der Waals surface area contributed by atoms with Gasteiger partial charge in [0.15, 0.2) is 0 Å². The molecule has 0 aliphatic heterocycles. The van der Waals surface area contributed by atoms with Crippen LogP contribution in [0.15, 0.2) is 78.9 Å². The van der Waals surface area contributed by atoms with Gasteiger partial charge >= 0.3 is 0 Å². The van der Waals surface area contributed by atoms with E-state index in [1.54, 1.807) is 14.2 Å². The van der Waals surface area contributed by atoms with E-state index >= 15 is 0 Å². The monoisotopic (exact) mass is 387 g/mol. The van der Waals surface area contributed by atoms with Gasteiger partial charge in [-0.3, -0.25) is 4.79 Å². The highest BCUT2D eigenvalue weighted by Crippen LogP contribution is 2.20. The Hall–Kier alpha value is -3.53. The summed E-state index contributed by atoms with van der Waals surface area (Å²) in [6.45, 7) is 0.554. The van der Waals surface area contributed by atoms with Crippen LogP contribution in [0, 0.1) is 0 Å². The van der Waals surface area contributed by atoms with Crippen LogP contribution in [0.4, 0.5) is 0 Å². The molecule has 0 spiro atoms. The Morgan fingerprint density at radius 3 is 2.00 bits per heavy atom. The van der Waals surface area contributed by atoms with Gasteiger partial charge < -0.3 is 14.8 Å². The molecule has 3 aromatic carbocycles. The van der Waals surface area contributed by atoms with E-state index in [1.165, 1.54) is 0 Å². The minimum atomic E-state index is -0.0967. The highest BCUT2D eigenvalue weighted by Gasteiger charge is 2.12. The zero-order valence-corrected chi connectivity index (χ0v) is 16.7. The number of amides is 1. The van der Waals surface area contributed by atoms with Crippen LogP contribution >= 0.6 is 0 Å². The maximum absolute atomic E-state index is 12.9. The van der Waals surface area contributed by atoms with Gasteiger partial charge in [-0.1, -0.05) is 54.6 Å². The van der Waals surface area contributed by atoms with E-state index < -0.39 is 0 Å². The number of hydrogen-bond acceptors (Lipinski definition) is 3. The van der Waals surface area contributed by atoms with E-state index in [0.717, 1.165) is 34.6 Å². The summed E-state index contributed by atoms with van der Waals surface area (Å²) in [6, 6.07) is 25.2. The van der Waals surface area contributed by atoms with E-state index in [2.05, 4.69) is 5.32 Å². The van der Waals surface area contributed by atoms with Crippen LogP contribution in [0.25, 0.3) is 11.6 Å². The van der Waals surface area contributed by atoms with Crippen LogP contribution in [0.1, 0.15) is 16.7 Å². The predicted octanol–water partition coefficient (Wildman–Crippen LogP) is 4.60. The summed E-state index contributed by atoms with van der Waals surface area (Å²) in [4.78, 5) is 12.9. The first-order valence-corrected chi connectivity index (χ1v) is 9.52. The second kappa shape index (κ2) is 10.1. The van der Waals surface area contributed by atoms with E-state index in [-0.39, 0.29) is 5.91 Å². The van der Waals surface area contributed by atoms with Crippen LogP contribution in [0.2, 0.25) is 0 Å². The molecule has 4 nitrogen and oxygen atoms in total. The van der Waals surface area contributed by atoms with Gasteiger partial charge in [-0.25, -0.2) is 0 Å². The van der Waals surface area contributed by atoms with Gasteiger partial charge in [0.25, 0.3) is 5.91 Å². The number of methoxy groups -OCH3 is 2. The van der Waals surface area contributed by atoms with E-state index in [9.17, 15) is 4.79 Å². The summed E-state index contributed by atoms with van der Waals surface area (Å²) in [5.41, 5.74) is 3.59. The third kappa shape index (κ3) is 5.72. The van der Waals surface area contributed by atoms with Crippen molar-refractivity contribution in [2.24, 2.45) is 0 Å². The molecular weight excluding hydrogens is 362 g/mol. The number of benzene rings is 3. The summed E-state index contributed by atoms with van der Waals surface area (Å²) in [6.07, 6.45) is 2.65. The van der Waals surface area contributed by atoms with Crippen molar-refractivity contribution in [3.8, 4) is 11.5 Å². The lowest BCUT2D eigenvalue weighted by Crippen LogP contribution is -2.26. The zero-order valence-electron chi connectivity index (χ0n) is 16.7. The molecule has 3 rings (SSSR count). The average molecular weight is 387 g/mol. The molecule has 0 aliphatic carbocycles. The van der Waals surface area contributed by atoms with Crippen LogP contribution in [0.3, 0.4) is 0 Å². The molecule has 0 aliphatic rings. The summed E-state index contributed by atoms with van der Waals surface area (Å²) in [5.74, 6) is 1.51. The molecule has 3 aromatic rings. The highest BCUT2D eigenvalue weighted by molar-refractivity contribution is 6.24. The molecule has 0 radical (unpaired) electrons. The molecule has 29 heavy (non-hydrogen) atoms. The first-order valence-electron chi connectivity index (χ1n) is 9.52. The summed E-state index contributed by atoms with van der Waals surface area (Å²) in [7, 11) is 3.28. The molecule has 0 heterocycles. The summed E-state index contributed by atoms with van der Waals surface area (Å²) < 4.78 is 10.4. The molecular formula is C25H25NO3. The molecule has 0 bridgehead atoms. The Bertz CT molecular complexity index is 946. The number of carbonyl (C=O) groups excluding carboxylic acids is 1. The van der Waals surface area contributed by atoms with Crippen molar-refractivity contribution in [1.82, 2.24) is 5.32 Å². The van der Waals surface area contributed by atoms with Crippen molar-refractivity contribution < 1.29 is 14.3 Å². The Morgan fingerprint density at radius 2 is 1.41 bits per heavy atom. The SMILES string of the molecule is COc1ccc(/C=C(/C(=O)NCCc2ccc(OC)cc2)c2ccccc2)cc1. The van der Waals surface area contributed by atoms with E-state index in [1.807, 2.05) is 84.9 Å².